The quantitative estimate of drug-likeness (QED) is 0.394. The third kappa shape index (κ3) is 4.12. The number of hydrogen-bond acceptors (Lipinski definition) is 8. The lowest BCUT2D eigenvalue weighted by Crippen LogP contribution is -1.89. The van der Waals surface area contributed by atoms with Gasteiger partial charge in [0.15, 0.2) is 0 Å². The fraction of sp³-hybridized carbons (Fsp3) is 0. The van der Waals surface area contributed by atoms with Crippen LogP contribution in [0, 0.1) is 0 Å². The maximum atomic E-state index is 5.86. The van der Waals surface area contributed by atoms with E-state index in [1.165, 1.54) is 0 Å². The van der Waals surface area contributed by atoms with Crippen molar-refractivity contribution in [3.63, 3.8) is 0 Å². The van der Waals surface area contributed by atoms with Gasteiger partial charge < -0.3 is 22.9 Å². The van der Waals surface area contributed by atoms with E-state index in [-0.39, 0.29) is 0 Å². The summed E-state index contributed by atoms with van der Waals surface area (Å²) in [6, 6.07) is 17.3. The summed E-state index contributed by atoms with van der Waals surface area (Å²) in [5, 5.41) is 16.6. The van der Waals surface area contributed by atoms with E-state index in [4.69, 9.17) is 22.9 Å². The minimum absolute atomic E-state index is 0.461. The van der Waals surface area contributed by atoms with Crippen molar-refractivity contribution >= 4 is 45.5 Å². The first-order valence-corrected chi connectivity index (χ1v) is 7.75. The average molecular weight is 346 g/mol. The molecule has 0 amide bonds. The highest BCUT2D eigenvalue weighted by Crippen LogP contribution is 2.29. The summed E-state index contributed by atoms with van der Waals surface area (Å²) in [6.07, 6.45) is 0. The molecular weight excluding hydrogens is 328 g/mol. The summed E-state index contributed by atoms with van der Waals surface area (Å²) < 4.78 is 0. The number of nitrogens with zero attached hydrogens (tertiary/aromatic N) is 4. The molecule has 8 heteroatoms. The first-order valence-electron chi connectivity index (χ1n) is 7.75. The Morgan fingerprint density at radius 3 is 1.38 bits per heavy atom. The van der Waals surface area contributed by atoms with Gasteiger partial charge in [-0.15, -0.1) is 10.2 Å². The second-order valence-corrected chi connectivity index (χ2v) is 5.56. The van der Waals surface area contributed by atoms with Crippen molar-refractivity contribution in [3.05, 3.63) is 60.7 Å². The normalized spacial score (nSPS) is 11.4. The highest BCUT2D eigenvalue weighted by Gasteiger charge is 2.00. The van der Waals surface area contributed by atoms with Crippen molar-refractivity contribution < 1.29 is 0 Å². The number of anilines is 4. The summed E-state index contributed by atoms with van der Waals surface area (Å²) in [6.45, 7) is 0. The van der Waals surface area contributed by atoms with Crippen molar-refractivity contribution in [1.82, 2.24) is 0 Å². The van der Waals surface area contributed by atoms with Crippen LogP contribution in [0.3, 0.4) is 0 Å². The number of benzene rings is 3. The van der Waals surface area contributed by atoms with Crippen molar-refractivity contribution in [1.29, 1.82) is 0 Å². The summed E-state index contributed by atoms with van der Waals surface area (Å²) in [5.74, 6) is 0. The topological polar surface area (TPSA) is 154 Å². The Bertz CT molecular complexity index is 917. The van der Waals surface area contributed by atoms with E-state index in [1.54, 1.807) is 60.7 Å². The molecule has 130 valence electrons. The number of nitrogens with two attached hydrogens (primary N) is 4. The van der Waals surface area contributed by atoms with Crippen LogP contribution in [-0.2, 0) is 0 Å². The number of rotatable bonds is 4. The fourth-order valence-corrected chi connectivity index (χ4v) is 2.17. The molecule has 0 aliphatic heterocycles. The molecule has 0 saturated heterocycles. The largest absolute Gasteiger partial charge is 0.399 e. The third-order valence-corrected chi connectivity index (χ3v) is 3.48. The van der Waals surface area contributed by atoms with Crippen molar-refractivity contribution in [2.45, 2.75) is 0 Å². The van der Waals surface area contributed by atoms with Gasteiger partial charge in [0.05, 0.1) is 22.7 Å². The number of hydrogen-bond donors (Lipinski definition) is 4. The molecule has 0 heterocycles. The van der Waals surface area contributed by atoms with Gasteiger partial charge in [-0.2, -0.15) is 10.2 Å². The van der Waals surface area contributed by atoms with Gasteiger partial charge in [-0.25, -0.2) is 0 Å². The van der Waals surface area contributed by atoms with E-state index in [9.17, 15) is 0 Å². The molecule has 0 aromatic heterocycles. The Morgan fingerprint density at radius 1 is 0.500 bits per heavy atom. The Balaban J connectivity index is 1.79. The van der Waals surface area contributed by atoms with Crippen LogP contribution in [-0.4, -0.2) is 0 Å². The van der Waals surface area contributed by atoms with Gasteiger partial charge in [-0.1, -0.05) is 6.07 Å². The molecule has 26 heavy (non-hydrogen) atoms. The van der Waals surface area contributed by atoms with Crippen LogP contribution in [0.1, 0.15) is 0 Å². The molecule has 0 radical (unpaired) electrons. The molecule has 0 aliphatic carbocycles. The zero-order valence-corrected chi connectivity index (χ0v) is 13.9. The summed E-state index contributed by atoms with van der Waals surface area (Å²) in [5.41, 5.74) is 27.4. The highest BCUT2D eigenvalue weighted by atomic mass is 15.1. The summed E-state index contributed by atoms with van der Waals surface area (Å²) in [4.78, 5) is 0. The standard InChI is InChI=1S/C18H18N8/c19-11-4-6-17(15(21)8-11)25-23-13-2-1-3-14(10-13)24-26-18-7-5-12(20)9-16(18)22/h1-10H,19-22H2/b25-23+,26-24+. The van der Waals surface area contributed by atoms with Crippen molar-refractivity contribution in [2.24, 2.45) is 20.5 Å². The molecule has 0 saturated carbocycles. The maximum Gasteiger partial charge on any atom is 0.109 e. The monoisotopic (exact) mass is 346 g/mol. The predicted octanol–water partition coefficient (Wildman–Crippen LogP) is 4.85. The summed E-state index contributed by atoms with van der Waals surface area (Å²) >= 11 is 0. The zero-order valence-electron chi connectivity index (χ0n) is 13.9. The van der Waals surface area contributed by atoms with Gasteiger partial charge >= 0.3 is 0 Å². The molecule has 8 N–H and O–H groups in total. The van der Waals surface area contributed by atoms with E-state index in [0.717, 1.165) is 0 Å². The van der Waals surface area contributed by atoms with Gasteiger partial charge in [0.25, 0.3) is 0 Å². The molecule has 3 rings (SSSR count). The van der Waals surface area contributed by atoms with Crippen LogP contribution in [0.15, 0.2) is 81.1 Å². The molecule has 0 unspecified atom stereocenters. The van der Waals surface area contributed by atoms with Crippen molar-refractivity contribution in [2.75, 3.05) is 22.9 Å². The number of azo groups is 2. The smallest absolute Gasteiger partial charge is 0.109 e. The second-order valence-electron chi connectivity index (χ2n) is 5.56. The first-order chi connectivity index (χ1) is 12.5. The van der Waals surface area contributed by atoms with E-state index >= 15 is 0 Å². The molecular formula is C18H18N8. The van der Waals surface area contributed by atoms with Crippen LogP contribution < -0.4 is 22.9 Å². The van der Waals surface area contributed by atoms with E-state index in [1.807, 2.05) is 0 Å². The van der Waals surface area contributed by atoms with Gasteiger partial charge in [0.2, 0.25) is 0 Å². The lowest BCUT2D eigenvalue weighted by molar-refractivity contribution is 1.21. The minimum Gasteiger partial charge on any atom is -0.399 e. The van der Waals surface area contributed by atoms with Crippen molar-refractivity contribution in [3.8, 4) is 0 Å². The van der Waals surface area contributed by atoms with E-state index in [2.05, 4.69) is 20.5 Å². The average Bonchev–Trinajstić information content (AvgIpc) is 2.61. The lowest BCUT2D eigenvalue weighted by atomic mass is 10.2. The molecule has 8 nitrogen and oxygen atoms in total. The van der Waals surface area contributed by atoms with Gasteiger partial charge in [0.1, 0.15) is 11.4 Å². The third-order valence-electron chi connectivity index (χ3n) is 3.48. The molecule has 3 aromatic rings. The van der Waals surface area contributed by atoms with Gasteiger partial charge in [0, 0.05) is 11.4 Å². The second kappa shape index (κ2) is 7.31. The predicted molar refractivity (Wildman–Crippen MR) is 105 cm³/mol. The Morgan fingerprint density at radius 2 is 0.962 bits per heavy atom. The highest BCUT2D eigenvalue weighted by molar-refractivity contribution is 5.68. The first kappa shape index (κ1) is 16.9. The number of nitrogen functional groups attached to an aromatic ring is 4. The van der Waals surface area contributed by atoms with Crippen LogP contribution in [0.4, 0.5) is 45.5 Å². The maximum absolute atomic E-state index is 5.86. The fourth-order valence-electron chi connectivity index (χ4n) is 2.17. The Hall–Kier alpha value is -3.94. The molecule has 0 spiro atoms. The van der Waals surface area contributed by atoms with Gasteiger partial charge in [-0.3, -0.25) is 0 Å². The summed E-state index contributed by atoms with van der Waals surface area (Å²) in [7, 11) is 0. The van der Waals surface area contributed by atoms with Crippen LogP contribution in [0.2, 0.25) is 0 Å². The lowest BCUT2D eigenvalue weighted by Gasteiger charge is -2.01. The molecule has 3 aromatic carbocycles. The van der Waals surface area contributed by atoms with E-state index in [0.29, 0.717) is 45.5 Å². The minimum atomic E-state index is 0.461. The molecule has 0 aliphatic rings. The molecule has 0 atom stereocenters. The molecule has 0 bridgehead atoms. The SMILES string of the molecule is Nc1ccc(/N=N/c2cccc(/N=N/c3ccc(N)cc3N)c2)c(N)c1. The van der Waals surface area contributed by atoms with Crippen LogP contribution >= 0.6 is 0 Å². The van der Waals surface area contributed by atoms with Crippen LogP contribution in [0.5, 0.6) is 0 Å². The Labute approximate surface area is 150 Å². The molecule has 0 fully saturated rings. The van der Waals surface area contributed by atoms with E-state index < -0.39 is 0 Å². The van der Waals surface area contributed by atoms with Gasteiger partial charge in [-0.05, 0) is 54.6 Å². The zero-order chi connectivity index (χ0) is 18.5. The Kier molecular flexibility index (Phi) is 4.75. The van der Waals surface area contributed by atoms with Crippen LogP contribution in [0.25, 0.3) is 0 Å².